The quantitative estimate of drug-likeness (QED) is 0.505. The minimum Gasteiger partial charge on any atom is -0.463 e. The van der Waals surface area contributed by atoms with Crippen molar-refractivity contribution in [1.29, 1.82) is 0 Å². The summed E-state index contributed by atoms with van der Waals surface area (Å²) >= 11 is 6.11. The zero-order valence-corrected chi connectivity index (χ0v) is 16.1. The van der Waals surface area contributed by atoms with Gasteiger partial charge in [-0.1, -0.05) is 22.8 Å². The normalized spacial score (nSPS) is 18.9. The maximum atomic E-state index is 14.5. The van der Waals surface area contributed by atoms with Crippen LogP contribution in [0.25, 0.3) is 11.3 Å². The van der Waals surface area contributed by atoms with E-state index in [4.69, 9.17) is 21.2 Å². The largest absolute Gasteiger partial charge is 0.463 e. The summed E-state index contributed by atoms with van der Waals surface area (Å²) in [6.45, 7) is 3.27. The predicted molar refractivity (Wildman–Crippen MR) is 96.9 cm³/mol. The third-order valence-corrected chi connectivity index (χ3v) is 4.57. The lowest BCUT2D eigenvalue weighted by molar-refractivity contribution is -0.166. The fourth-order valence-corrected chi connectivity index (χ4v) is 3.05. The van der Waals surface area contributed by atoms with Crippen LogP contribution in [0.15, 0.2) is 35.5 Å². The van der Waals surface area contributed by atoms with Crippen molar-refractivity contribution < 1.29 is 31.9 Å². The van der Waals surface area contributed by atoms with Crippen molar-refractivity contribution >= 4 is 23.3 Å². The van der Waals surface area contributed by atoms with Gasteiger partial charge in [0.15, 0.2) is 0 Å². The standard InChI is InChI=1S/C19H15ClF4N2O3/c1-3-28-17(27)18(2)9-15(26-29-18)10-7-11(13(21)8-12(10)20)14-5-4-6-16(25-14)19(22,23)24/h4-8H,3,9H2,1-2H3. The summed E-state index contributed by atoms with van der Waals surface area (Å²) in [5.41, 5.74) is -2.49. The third-order valence-electron chi connectivity index (χ3n) is 4.25. The van der Waals surface area contributed by atoms with Gasteiger partial charge in [-0.25, -0.2) is 14.2 Å². The molecule has 0 bridgehead atoms. The molecule has 0 fully saturated rings. The molecular weight excluding hydrogens is 416 g/mol. The molecule has 0 spiro atoms. The monoisotopic (exact) mass is 430 g/mol. The first-order chi connectivity index (χ1) is 13.5. The van der Waals surface area contributed by atoms with Crippen LogP contribution < -0.4 is 0 Å². The molecular formula is C19H15ClF4N2O3. The lowest BCUT2D eigenvalue weighted by atomic mass is 9.94. The molecule has 0 aliphatic carbocycles. The van der Waals surface area contributed by atoms with Crippen LogP contribution in [0.2, 0.25) is 5.02 Å². The highest BCUT2D eigenvalue weighted by Crippen LogP contribution is 2.35. The van der Waals surface area contributed by atoms with Crippen LogP contribution in [0.1, 0.15) is 31.5 Å². The van der Waals surface area contributed by atoms with E-state index >= 15 is 0 Å². The number of rotatable bonds is 4. The van der Waals surface area contributed by atoms with Crippen molar-refractivity contribution in [3.63, 3.8) is 0 Å². The van der Waals surface area contributed by atoms with Crippen LogP contribution in [0.3, 0.4) is 0 Å². The Morgan fingerprint density at radius 2 is 2.03 bits per heavy atom. The molecule has 1 aliphatic rings. The second-order valence-electron chi connectivity index (χ2n) is 6.48. The van der Waals surface area contributed by atoms with Gasteiger partial charge in [-0.05, 0) is 38.1 Å². The fourth-order valence-electron chi connectivity index (χ4n) is 2.79. The number of pyridine rings is 1. The van der Waals surface area contributed by atoms with Crippen molar-refractivity contribution in [3.05, 3.63) is 52.4 Å². The Bertz CT molecular complexity index is 994. The van der Waals surface area contributed by atoms with Gasteiger partial charge < -0.3 is 9.57 Å². The number of hydrogen-bond donors (Lipinski definition) is 0. The SMILES string of the molecule is CCOC(=O)C1(C)CC(c2cc(-c3cccc(C(F)(F)F)n3)c(F)cc2Cl)=NO1. The van der Waals surface area contributed by atoms with E-state index < -0.39 is 29.3 Å². The van der Waals surface area contributed by atoms with Crippen LogP contribution in [0.4, 0.5) is 17.6 Å². The zero-order chi connectivity index (χ0) is 21.4. The Morgan fingerprint density at radius 3 is 2.69 bits per heavy atom. The molecule has 0 saturated heterocycles. The van der Waals surface area contributed by atoms with E-state index in [1.165, 1.54) is 19.1 Å². The van der Waals surface area contributed by atoms with Gasteiger partial charge in [0.05, 0.1) is 23.0 Å². The highest BCUT2D eigenvalue weighted by atomic mass is 35.5. The molecule has 1 aromatic carbocycles. The molecule has 1 aromatic heterocycles. The maximum Gasteiger partial charge on any atom is 0.433 e. The van der Waals surface area contributed by atoms with E-state index in [1.807, 2.05) is 0 Å². The Labute approximate surface area is 168 Å². The van der Waals surface area contributed by atoms with Gasteiger partial charge in [-0.15, -0.1) is 0 Å². The van der Waals surface area contributed by atoms with Gasteiger partial charge in [0.2, 0.25) is 5.60 Å². The van der Waals surface area contributed by atoms with Crippen LogP contribution in [0.5, 0.6) is 0 Å². The zero-order valence-electron chi connectivity index (χ0n) is 15.3. The lowest BCUT2D eigenvalue weighted by Gasteiger charge is -2.18. The number of ether oxygens (including phenoxy) is 1. The summed E-state index contributed by atoms with van der Waals surface area (Å²) in [6.07, 6.45) is -4.68. The van der Waals surface area contributed by atoms with E-state index in [-0.39, 0.29) is 40.6 Å². The average molecular weight is 431 g/mol. The lowest BCUT2D eigenvalue weighted by Crippen LogP contribution is -2.37. The van der Waals surface area contributed by atoms with E-state index in [2.05, 4.69) is 10.1 Å². The molecule has 154 valence electrons. The van der Waals surface area contributed by atoms with Gasteiger partial charge >= 0.3 is 12.1 Å². The van der Waals surface area contributed by atoms with Gasteiger partial charge in [0.25, 0.3) is 0 Å². The molecule has 2 heterocycles. The number of hydrogen-bond acceptors (Lipinski definition) is 5. The van der Waals surface area contributed by atoms with Crippen molar-refractivity contribution in [2.75, 3.05) is 6.61 Å². The van der Waals surface area contributed by atoms with Gasteiger partial charge in [0, 0.05) is 17.5 Å². The average Bonchev–Trinajstić information content (AvgIpc) is 3.05. The smallest absolute Gasteiger partial charge is 0.433 e. The first kappa shape index (κ1) is 21.0. The number of aromatic nitrogens is 1. The van der Waals surface area contributed by atoms with Crippen LogP contribution in [-0.2, 0) is 20.5 Å². The molecule has 0 saturated carbocycles. The number of oxime groups is 1. The maximum absolute atomic E-state index is 14.5. The molecule has 1 atom stereocenters. The predicted octanol–water partition coefficient (Wildman–Crippen LogP) is 5.01. The second kappa shape index (κ2) is 7.62. The third kappa shape index (κ3) is 4.19. The number of halogens is 5. The van der Waals surface area contributed by atoms with Crippen molar-refractivity contribution in [2.24, 2.45) is 5.16 Å². The first-order valence-electron chi connectivity index (χ1n) is 8.51. The van der Waals surface area contributed by atoms with Gasteiger partial charge in [-0.2, -0.15) is 13.2 Å². The number of carbonyl (C=O) groups excluding carboxylic acids is 1. The molecule has 1 aliphatic heterocycles. The summed E-state index contributed by atoms with van der Waals surface area (Å²) in [5, 5.41) is 3.82. The highest BCUT2D eigenvalue weighted by molar-refractivity contribution is 6.34. The molecule has 29 heavy (non-hydrogen) atoms. The van der Waals surface area contributed by atoms with Gasteiger partial charge in [-0.3, -0.25) is 0 Å². The summed E-state index contributed by atoms with van der Waals surface area (Å²) < 4.78 is 58.2. The first-order valence-corrected chi connectivity index (χ1v) is 8.89. The van der Waals surface area contributed by atoms with E-state index in [1.54, 1.807) is 6.92 Å². The summed E-state index contributed by atoms with van der Waals surface area (Å²) in [6, 6.07) is 5.36. The van der Waals surface area contributed by atoms with Crippen LogP contribution in [0, 0.1) is 5.82 Å². The van der Waals surface area contributed by atoms with Gasteiger partial charge in [0.1, 0.15) is 11.5 Å². The topological polar surface area (TPSA) is 60.8 Å². The molecule has 10 heteroatoms. The van der Waals surface area contributed by atoms with Crippen molar-refractivity contribution in [1.82, 2.24) is 4.98 Å². The molecule has 0 radical (unpaired) electrons. The molecule has 5 nitrogen and oxygen atoms in total. The number of alkyl halides is 3. The molecule has 3 rings (SSSR count). The number of nitrogens with zero attached hydrogens (tertiary/aromatic N) is 2. The van der Waals surface area contributed by atoms with Crippen LogP contribution >= 0.6 is 11.6 Å². The summed E-state index contributed by atoms with van der Waals surface area (Å²) in [7, 11) is 0. The minimum atomic E-state index is -4.67. The van der Waals surface area contributed by atoms with E-state index in [9.17, 15) is 22.4 Å². The molecule has 0 amide bonds. The van der Waals surface area contributed by atoms with Crippen molar-refractivity contribution in [2.45, 2.75) is 32.0 Å². The van der Waals surface area contributed by atoms with Crippen LogP contribution in [-0.4, -0.2) is 28.9 Å². The van der Waals surface area contributed by atoms with E-state index in [0.717, 1.165) is 18.2 Å². The Morgan fingerprint density at radius 1 is 1.31 bits per heavy atom. The molecule has 0 N–H and O–H groups in total. The number of benzene rings is 1. The van der Waals surface area contributed by atoms with E-state index in [0.29, 0.717) is 0 Å². The Hall–Kier alpha value is -2.68. The Kier molecular flexibility index (Phi) is 5.53. The Balaban J connectivity index is 1.99. The minimum absolute atomic E-state index is 0.00730. The second-order valence-corrected chi connectivity index (χ2v) is 6.88. The summed E-state index contributed by atoms with van der Waals surface area (Å²) in [4.78, 5) is 20.8. The van der Waals surface area contributed by atoms with Crippen molar-refractivity contribution in [3.8, 4) is 11.3 Å². The summed E-state index contributed by atoms with van der Waals surface area (Å²) in [5.74, 6) is -1.48. The molecule has 2 aromatic rings. The number of esters is 1. The molecule has 1 unspecified atom stereocenters. The highest BCUT2D eigenvalue weighted by Gasteiger charge is 2.44. The fraction of sp³-hybridized carbons (Fsp3) is 0.316. The number of carbonyl (C=O) groups is 1.